The normalized spacial score (nSPS) is 17.2. The van der Waals surface area contributed by atoms with Gasteiger partial charge in [-0.1, -0.05) is 27.7 Å². The van der Waals surface area contributed by atoms with Gasteiger partial charge in [-0.3, -0.25) is 4.90 Å². The molecule has 0 amide bonds. The molecule has 15 heavy (non-hydrogen) atoms. The largest absolute Gasteiger partial charge is 0.326 e. The van der Waals surface area contributed by atoms with Crippen LogP contribution in [0.25, 0.3) is 0 Å². The fourth-order valence-electron chi connectivity index (χ4n) is 2.18. The summed E-state index contributed by atoms with van der Waals surface area (Å²) in [4.78, 5) is 1.68. The van der Waals surface area contributed by atoms with Gasteiger partial charge in [-0.25, -0.2) is 8.78 Å². The van der Waals surface area contributed by atoms with E-state index in [2.05, 4.69) is 0 Å². The highest BCUT2D eigenvalue weighted by molar-refractivity contribution is 4.89. The van der Waals surface area contributed by atoms with E-state index in [-0.39, 0.29) is 24.0 Å². The minimum Gasteiger partial charge on any atom is -0.326 e. The van der Waals surface area contributed by atoms with E-state index < -0.39 is 6.43 Å². The van der Waals surface area contributed by atoms with Crippen molar-refractivity contribution in [2.45, 2.75) is 52.6 Å². The van der Waals surface area contributed by atoms with E-state index in [9.17, 15) is 8.78 Å². The number of hydrogen-bond donors (Lipinski definition) is 1. The Morgan fingerprint density at radius 2 is 1.73 bits per heavy atom. The molecular weight excluding hydrogens is 198 g/mol. The number of halogens is 2. The van der Waals surface area contributed by atoms with Gasteiger partial charge in [-0.15, -0.1) is 0 Å². The first-order chi connectivity index (χ1) is 6.70. The van der Waals surface area contributed by atoms with Crippen LogP contribution in [0.3, 0.4) is 0 Å². The predicted molar refractivity (Wildman–Crippen MR) is 60.1 cm³/mol. The van der Waals surface area contributed by atoms with Crippen LogP contribution < -0.4 is 5.73 Å². The molecular formula is C11H24F2N2. The third-order valence-electron chi connectivity index (χ3n) is 2.67. The average Bonchev–Trinajstić information content (AvgIpc) is 1.99. The second-order valence-electron chi connectivity index (χ2n) is 5.21. The summed E-state index contributed by atoms with van der Waals surface area (Å²) in [5.41, 5.74) is 5.91. The SMILES string of the molecule is CCC(N)C(N(C)CC(F)F)C(C)(C)C. The molecule has 0 fully saturated rings. The first-order valence-corrected chi connectivity index (χ1v) is 5.44. The van der Waals surface area contributed by atoms with E-state index in [0.717, 1.165) is 6.42 Å². The summed E-state index contributed by atoms with van der Waals surface area (Å²) >= 11 is 0. The number of nitrogens with two attached hydrogens (primary N) is 1. The fraction of sp³-hybridized carbons (Fsp3) is 1.00. The van der Waals surface area contributed by atoms with Crippen LogP contribution in [0.2, 0.25) is 0 Å². The molecule has 2 nitrogen and oxygen atoms in total. The summed E-state index contributed by atoms with van der Waals surface area (Å²) in [5.74, 6) is 0. The maximum Gasteiger partial charge on any atom is 0.251 e. The molecule has 0 radical (unpaired) electrons. The zero-order valence-corrected chi connectivity index (χ0v) is 10.4. The topological polar surface area (TPSA) is 29.3 Å². The van der Waals surface area contributed by atoms with Gasteiger partial charge in [0, 0.05) is 12.1 Å². The van der Waals surface area contributed by atoms with E-state index in [0.29, 0.717) is 0 Å². The molecule has 0 aromatic rings. The highest BCUT2D eigenvalue weighted by Crippen LogP contribution is 2.27. The van der Waals surface area contributed by atoms with Gasteiger partial charge in [0.15, 0.2) is 0 Å². The zero-order valence-electron chi connectivity index (χ0n) is 10.4. The third kappa shape index (κ3) is 4.89. The van der Waals surface area contributed by atoms with Crippen LogP contribution in [0, 0.1) is 5.41 Å². The van der Waals surface area contributed by atoms with Crippen molar-refractivity contribution >= 4 is 0 Å². The molecule has 0 aromatic heterocycles. The van der Waals surface area contributed by atoms with Crippen molar-refractivity contribution in [3.63, 3.8) is 0 Å². The molecule has 2 atom stereocenters. The number of alkyl halides is 2. The van der Waals surface area contributed by atoms with Crippen LogP contribution in [0.5, 0.6) is 0 Å². The maximum absolute atomic E-state index is 12.3. The lowest BCUT2D eigenvalue weighted by molar-refractivity contribution is 0.0360. The van der Waals surface area contributed by atoms with Gasteiger partial charge in [0.1, 0.15) is 0 Å². The Morgan fingerprint density at radius 1 is 1.27 bits per heavy atom. The average molecular weight is 222 g/mol. The van der Waals surface area contributed by atoms with E-state index in [1.54, 1.807) is 11.9 Å². The van der Waals surface area contributed by atoms with Crippen LogP contribution in [0.1, 0.15) is 34.1 Å². The molecule has 0 bridgehead atoms. The quantitative estimate of drug-likeness (QED) is 0.773. The number of nitrogens with zero attached hydrogens (tertiary/aromatic N) is 1. The van der Waals surface area contributed by atoms with Crippen molar-refractivity contribution in [2.24, 2.45) is 11.1 Å². The second-order valence-corrected chi connectivity index (χ2v) is 5.21. The van der Waals surface area contributed by atoms with Crippen LogP contribution in [0.4, 0.5) is 8.78 Å². The third-order valence-corrected chi connectivity index (χ3v) is 2.67. The molecule has 4 heteroatoms. The molecule has 0 saturated carbocycles. The van der Waals surface area contributed by atoms with Crippen LogP contribution in [-0.4, -0.2) is 37.0 Å². The van der Waals surface area contributed by atoms with Crippen molar-refractivity contribution < 1.29 is 8.78 Å². The highest BCUT2D eigenvalue weighted by Gasteiger charge is 2.33. The van der Waals surface area contributed by atoms with Gasteiger partial charge < -0.3 is 5.73 Å². The van der Waals surface area contributed by atoms with Gasteiger partial charge >= 0.3 is 0 Å². The molecule has 0 aromatic carbocycles. The van der Waals surface area contributed by atoms with Crippen molar-refractivity contribution in [1.82, 2.24) is 4.90 Å². The summed E-state index contributed by atoms with van der Waals surface area (Å²) in [5, 5.41) is 0. The van der Waals surface area contributed by atoms with Gasteiger partial charge in [-0.2, -0.15) is 0 Å². The standard InChI is InChI=1S/C11H24F2N2/c1-6-8(14)10(11(2,3)4)15(5)7-9(12)13/h8-10H,6-7,14H2,1-5H3. The van der Waals surface area contributed by atoms with Gasteiger partial charge in [0.05, 0.1) is 6.54 Å². The van der Waals surface area contributed by atoms with Crippen LogP contribution in [-0.2, 0) is 0 Å². The van der Waals surface area contributed by atoms with E-state index in [4.69, 9.17) is 5.73 Å². The molecule has 2 unspecified atom stereocenters. The monoisotopic (exact) mass is 222 g/mol. The molecule has 0 rings (SSSR count). The Hall–Kier alpha value is -0.220. The number of likely N-dealkylation sites (N-methyl/N-ethyl adjacent to an activating group) is 1. The minimum absolute atomic E-state index is 0.0171. The Morgan fingerprint density at radius 3 is 2.00 bits per heavy atom. The zero-order chi connectivity index (χ0) is 12.2. The Bertz CT molecular complexity index is 178. The van der Waals surface area contributed by atoms with Gasteiger partial charge in [0.25, 0.3) is 6.43 Å². The molecule has 92 valence electrons. The summed E-state index contributed by atoms with van der Waals surface area (Å²) < 4.78 is 24.6. The van der Waals surface area contributed by atoms with Crippen molar-refractivity contribution in [1.29, 1.82) is 0 Å². The first kappa shape index (κ1) is 14.8. The predicted octanol–water partition coefficient (Wildman–Crippen LogP) is 2.34. The maximum atomic E-state index is 12.3. The molecule has 0 heterocycles. The van der Waals surface area contributed by atoms with Crippen LogP contribution in [0.15, 0.2) is 0 Å². The van der Waals surface area contributed by atoms with Gasteiger partial charge in [0.2, 0.25) is 0 Å². The smallest absolute Gasteiger partial charge is 0.251 e. The first-order valence-electron chi connectivity index (χ1n) is 5.44. The van der Waals surface area contributed by atoms with Gasteiger partial charge in [-0.05, 0) is 18.9 Å². The summed E-state index contributed by atoms with van der Waals surface area (Å²) in [7, 11) is 1.72. The number of hydrogen-bond acceptors (Lipinski definition) is 2. The lowest BCUT2D eigenvalue weighted by atomic mass is 9.80. The van der Waals surface area contributed by atoms with E-state index >= 15 is 0 Å². The Kier molecular flexibility index (Phi) is 5.67. The number of rotatable bonds is 5. The summed E-state index contributed by atoms with van der Waals surface area (Å²) in [6, 6.07) is -0.0785. The molecule has 0 aliphatic rings. The second kappa shape index (κ2) is 5.75. The van der Waals surface area contributed by atoms with Crippen molar-refractivity contribution in [3.05, 3.63) is 0 Å². The minimum atomic E-state index is -2.30. The molecule has 0 aliphatic carbocycles. The molecule has 0 spiro atoms. The van der Waals surface area contributed by atoms with Crippen molar-refractivity contribution in [2.75, 3.05) is 13.6 Å². The summed E-state index contributed by atoms with van der Waals surface area (Å²) in [6.45, 7) is 7.88. The van der Waals surface area contributed by atoms with Crippen molar-refractivity contribution in [3.8, 4) is 0 Å². The Labute approximate surface area is 91.8 Å². The Balaban J connectivity index is 4.63. The lowest BCUT2D eigenvalue weighted by Crippen LogP contribution is -2.54. The summed E-state index contributed by atoms with van der Waals surface area (Å²) in [6.07, 6.45) is -1.50. The van der Waals surface area contributed by atoms with E-state index in [1.165, 1.54) is 0 Å². The fourth-order valence-corrected chi connectivity index (χ4v) is 2.18. The molecule has 0 aliphatic heterocycles. The van der Waals surface area contributed by atoms with E-state index in [1.807, 2.05) is 27.7 Å². The molecule has 2 N–H and O–H groups in total. The lowest BCUT2D eigenvalue weighted by Gasteiger charge is -2.41. The van der Waals surface area contributed by atoms with Crippen LogP contribution >= 0.6 is 0 Å². The molecule has 0 saturated heterocycles. The highest BCUT2D eigenvalue weighted by atomic mass is 19.3.